The standard InChI is InChI=1S/C18H21N3/c1-13-17(12-19)18(21-20-13)16-9-7-15(8-10-16)11-14-5-3-2-4-6-14/h2-10,18,20-21H,11-12,19H2,1H3. The van der Waals surface area contributed by atoms with Crippen molar-refractivity contribution in [2.45, 2.75) is 19.4 Å². The van der Waals surface area contributed by atoms with Gasteiger partial charge in [-0.05, 0) is 35.6 Å². The van der Waals surface area contributed by atoms with E-state index in [1.165, 1.54) is 22.3 Å². The van der Waals surface area contributed by atoms with Crippen LogP contribution < -0.4 is 16.6 Å². The van der Waals surface area contributed by atoms with Crippen LogP contribution in [-0.4, -0.2) is 6.54 Å². The van der Waals surface area contributed by atoms with E-state index in [-0.39, 0.29) is 6.04 Å². The summed E-state index contributed by atoms with van der Waals surface area (Å²) in [5.41, 5.74) is 18.6. The maximum Gasteiger partial charge on any atom is 0.0752 e. The highest BCUT2D eigenvalue weighted by Crippen LogP contribution is 2.26. The summed E-state index contributed by atoms with van der Waals surface area (Å²) in [6, 6.07) is 19.5. The first-order valence-electron chi connectivity index (χ1n) is 7.32. The number of benzene rings is 2. The smallest absolute Gasteiger partial charge is 0.0752 e. The van der Waals surface area contributed by atoms with Crippen molar-refractivity contribution in [2.75, 3.05) is 6.54 Å². The van der Waals surface area contributed by atoms with Gasteiger partial charge in [0.05, 0.1) is 6.04 Å². The molecule has 0 radical (unpaired) electrons. The highest BCUT2D eigenvalue weighted by Gasteiger charge is 2.22. The number of nitrogens with two attached hydrogens (primary N) is 1. The summed E-state index contributed by atoms with van der Waals surface area (Å²) in [5.74, 6) is 0. The highest BCUT2D eigenvalue weighted by molar-refractivity contribution is 5.36. The third kappa shape index (κ3) is 2.99. The van der Waals surface area contributed by atoms with Gasteiger partial charge in [-0.3, -0.25) is 0 Å². The lowest BCUT2D eigenvalue weighted by Gasteiger charge is -2.14. The fraction of sp³-hybridized carbons (Fsp3) is 0.222. The lowest BCUT2D eigenvalue weighted by Crippen LogP contribution is -2.27. The van der Waals surface area contributed by atoms with Crippen molar-refractivity contribution in [3.05, 3.63) is 82.6 Å². The number of hydrogen-bond acceptors (Lipinski definition) is 3. The first-order chi connectivity index (χ1) is 10.3. The Bertz CT molecular complexity index is 629. The van der Waals surface area contributed by atoms with Gasteiger partial charge in [-0.25, -0.2) is 5.43 Å². The molecule has 3 rings (SSSR count). The van der Waals surface area contributed by atoms with Crippen molar-refractivity contribution >= 4 is 0 Å². The van der Waals surface area contributed by atoms with Crippen LogP contribution in [-0.2, 0) is 6.42 Å². The Morgan fingerprint density at radius 1 is 0.952 bits per heavy atom. The molecule has 108 valence electrons. The third-order valence-corrected chi connectivity index (χ3v) is 4.02. The average molecular weight is 279 g/mol. The lowest BCUT2D eigenvalue weighted by molar-refractivity contribution is 0.584. The summed E-state index contributed by atoms with van der Waals surface area (Å²) >= 11 is 0. The summed E-state index contributed by atoms with van der Waals surface area (Å²) < 4.78 is 0. The average Bonchev–Trinajstić information content (AvgIpc) is 2.90. The summed E-state index contributed by atoms with van der Waals surface area (Å²) in [5, 5.41) is 0. The van der Waals surface area contributed by atoms with Gasteiger partial charge in [-0.1, -0.05) is 54.6 Å². The summed E-state index contributed by atoms with van der Waals surface area (Å²) in [7, 11) is 0. The van der Waals surface area contributed by atoms with Crippen LogP contribution >= 0.6 is 0 Å². The second-order valence-corrected chi connectivity index (χ2v) is 5.46. The minimum atomic E-state index is 0.181. The largest absolute Gasteiger partial charge is 0.327 e. The molecule has 0 saturated heterocycles. The van der Waals surface area contributed by atoms with E-state index in [0.29, 0.717) is 6.54 Å². The zero-order valence-corrected chi connectivity index (χ0v) is 12.3. The summed E-state index contributed by atoms with van der Waals surface area (Å²) in [6.45, 7) is 2.63. The molecular formula is C18H21N3. The van der Waals surface area contributed by atoms with Gasteiger partial charge in [0.1, 0.15) is 0 Å². The molecule has 0 aromatic heterocycles. The van der Waals surface area contributed by atoms with Crippen LogP contribution in [0, 0.1) is 0 Å². The van der Waals surface area contributed by atoms with E-state index in [0.717, 1.165) is 12.1 Å². The second-order valence-electron chi connectivity index (χ2n) is 5.46. The molecule has 1 heterocycles. The fourth-order valence-electron chi connectivity index (χ4n) is 2.78. The molecule has 21 heavy (non-hydrogen) atoms. The molecule has 1 aliphatic heterocycles. The monoisotopic (exact) mass is 279 g/mol. The summed E-state index contributed by atoms with van der Waals surface area (Å²) in [4.78, 5) is 0. The molecule has 0 fully saturated rings. The van der Waals surface area contributed by atoms with E-state index in [9.17, 15) is 0 Å². The zero-order chi connectivity index (χ0) is 14.7. The van der Waals surface area contributed by atoms with E-state index < -0.39 is 0 Å². The van der Waals surface area contributed by atoms with Crippen molar-refractivity contribution in [2.24, 2.45) is 5.73 Å². The summed E-state index contributed by atoms with van der Waals surface area (Å²) in [6.07, 6.45) is 0.968. The Morgan fingerprint density at radius 3 is 2.29 bits per heavy atom. The van der Waals surface area contributed by atoms with Crippen LogP contribution in [0.15, 0.2) is 65.9 Å². The Hall–Kier alpha value is -2.10. The van der Waals surface area contributed by atoms with Crippen LogP contribution in [0.5, 0.6) is 0 Å². The minimum Gasteiger partial charge on any atom is -0.327 e. The number of nitrogens with one attached hydrogen (secondary N) is 2. The van der Waals surface area contributed by atoms with Crippen LogP contribution in [0.4, 0.5) is 0 Å². The van der Waals surface area contributed by atoms with Crippen molar-refractivity contribution in [1.29, 1.82) is 0 Å². The number of rotatable bonds is 4. The van der Waals surface area contributed by atoms with Gasteiger partial charge in [-0.15, -0.1) is 0 Å². The predicted molar refractivity (Wildman–Crippen MR) is 86.5 cm³/mol. The maximum absolute atomic E-state index is 5.85. The van der Waals surface area contributed by atoms with Gasteiger partial charge in [0, 0.05) is 12.2 Å². The van der Waals surface area contributed by atoms with Crippen LogP contribution in [0.25, 0.3) is 0 Å². The van der Waals surface area contributed by atoms with E-state index in [1.54, 1.807) is 0 Å². The van der Waals surface area contributed by atoms with Gasteiger partial charge < -0.3 is 11.2 Å². The molecule has 1 atom stereocenters. The topological polar surface area (TPSA) is 50.1 Å². The molecule has 1 aliphatic rings. The number of allylic oxidation sites excluding steroid dienone is 1. The molecule has 0 saturated carbocycles. The molecule has 0 spiro atoms. The van der Waals surface area contributed by atoms with E-state index in [1.807, 2.05) is 6.07 Å². The molecular weight excluding hydrogens is 258 g/mol. The van der Waals surface area contributed by atoms with Crippen LogP contribution in [0.3, 0.4) is 0 Å². The van der Waals surface area contributed by atoms with Crippen LogP contribution in [0.2, 0.25) is 0 Å². The van der Waals surface area contributed by atoms with E-state index >= 15 is 0 Å². The molecule has 4 N–H and O–H groups in total. The third-order valence-electron chi connectivity index (χ3n) is 4.02. The molecule has 1 unspecified atom stereocenters. The normalized spacial score (nSPS) is 17.9. The van der Waals surface area contributed by atoms with Crippen molar-refractivity contribution < 1.29 is 0 Å². The first-order valence-corrected chi connectivity index (χ1v) is 7.32. The van der Waals surface area contributed by atoms with E-state index in [2.05, 4.69) is 66.3 Å². The quantitative estimate of drug-likeness (QED) is 0.806. The molecule has 3 heteroatoms. The van der Waals surface area contributed by atoms with Crippen molar-refractivity contribution in [3.63, 3.8) is 0 Å². The van der Waals surface area contributed by atoms with Gasteiger partial charge >= 0.3 is 0 Å². The zero-order valence-electron chi connectivity index (χ0n) is 12.3. The molecule has 2 aromatic carbocycles. The minimum absolute atomic E-state index is 0.181. The predicted octanol–water partition coefficient (Wildman–Crippen LogP) is 2.66. The highest BCUT2D eigenvalue weighted by atomic mass is 15.4. The van der Waals surface area contributed by atoms with Gasteiger partial charge in [0.25, 0.3) is 0 Å². The Morgan fingerprint density at radius 2 is 1.62 bits per heavy atom. The molecule has 0 bridgehead atoms. The maximum atomic E-state index is 5.85. The molecule has 0 aliphatic carbocycles. The molecule has 3 nitrogen and oxygen atoms in total. The first kappa shape index (κ1) is 13.9. The second kappa shape index (κ2) is 6.12. The Balaban J connectivity index is 1.76. The lowest BCUT2D eigenvalue weighted by atomic mass is 9.96. The fourth-order valence-corrected chi connectivity index (χ4v) is 2.78. The van der Waals surface area contributed by atoms with Gasteiger partial charge in [0.2, 0.25) is 0 Å². The Kier molecular flexibility index (Phi) is 4.04. The van der Waals surface area contributed by atoms with Crippen molar-refractivity contribution in [1.82, 2.24) is 10.9 Å². The SMILES string of the molecule is CC1=C(CN)C(c2ccc(Cc3ccccc3)cc2)NN1. The van der Waals surface area contributed by atoms with E-state index in [4.69, 9.17) is 5.73 Å². The Labute approximate surface area is 125 Å². The van der Waals surface area contributed by atoms with Gasteiger partial charge in [-0.2, -0.15) is 0 Å². The van der Waals surface area contributed by atoms with Crippen molar-refractivity contribution in [3.8, 4) is 0 Å². The molecule has 2 aromatic rings. The van der Waals surface area contributed by atoms with Gasteiger partial charge in [0.15, 0.2) is 0 Å². The number of hydrogen-bond donors (Lipinski definition) is 3. The van der Waals surface area contributed by atoms with Crippen LogP contribution in [0.1, 0.15) is 29.7 Å². The number of hydrazine groups is 1. The molecule has 0 amide bonds.